The van der Waals surface area contributed by atoms with Gasteiger partial charge in [-0.1, -0.05) is 30.7 Å². The van der Waals surface area contributed by atoms with E-state index in [-0.39, 0.29) is 6.61 Å². The van der Waals surface area contributed by atoms with Crippen LogP contribution >= 0.6 is 0 Å². The fourth-order valence-electron chi connectivity index (χ4n) is 3.70. The van der Waals surface area contributed by atoms with Gasteiger partial charge in [-0.25, -0.2) is 0 Å². The molecule has 24 heavy (non-hydrogen) atoms. The quantitative estimate of drug-likeness (QED) is 0.765. The largest absolute Gasteiger partial charge is 0.393 e. The average molecular weight is 332 g/mol. The van der Waals surface area contributed by atoms with Gasteiger partial charge >= 0.3 is 0 Å². The van der Waals surface area contributed by atoms with Gasteiger partial charge in [0, 0.05) is 0 Å². The maximum Gasteiger partial charge on any atom is 0.145 e. The Bertz CT molecular complexity index is 553. The van der Waals surface area contributed by atoms with Crippen molar-refractivity contribution in [1.29, 1.82) is 0 Å². The SMILES string of the molecule is C/C1=C\C=C(\C(C)(O)CO)CC/C(C=O)=C\CCC2(C)CC2CC1. The molecule has 0 aromatic carbocycles. The Labute approximate surface area is 146 Å². The van der Waals surface area contributed by atoms with Crippen molar-refractivity contribution in [1.82, 2.24) is 0 Å². The Morgan fingerprint density at radius 3 is 2.75 bits per heavy atom. The Balaban J connectivity index is 2.23. The summed E-state index contributed by atoms with van der Waals surface area (Å²) in [5.41, 5.74) is 2.10. The van der Waals surface area contributed by atoms with E-state index in [1.165, 1.54) is 18.4 Å². The Kier molecular flexibility index (Phi) is 6.22. The van der Waals surface area contributed by atoms with Gasteiger partial charge in [0.05, 0.1) is 6.61 Å². The van der Waals surface area contributed by atoms with Gasteiger partial charge in [0.2, 0.25) is 0 Å². The second kappa shape index (κ2) is 7.79. The van der Waals surface area contributed by atoms with Gasteiger partial charge in [-0.15, -0.1) is 0 Å². The van der Waals surface area contributed by atoms with Crippen molar-refractivity contribution in [3.63, 3.8) is 0 Å². The Morgan fingerprint density at radius 1 is 1.33 bits per heavy atom. The van der Waals surface area contributed by atoms with Crippen molar-refractivity contribution in [2.75, 3.05) is 6.61 Å². The lowest BCUT2D eigenvalue weighted by molar-refractivity contribution is -0.105. The van der Waals surface area contributed by atoms with Gasteiger partial charge in [0.15, 0.2) is 0 Å². The zero-order valence-corrected chi connectivity index (χ0v) is 15.3. The van der Waals surface area contributed by atoms with E-state index in [1.807, 2.05) is 6.08 Å². The van der Waals surface area contributed by atoms with Crippen molar-refractivity contribution >= 4 is 6.29 Å². The lowest BCUT2D eigenvalue weighted by Gasteiger charge is -2.24. The molecule has 2 rings (SSSR count). The number of hydrogen-bond donors (Lipinski definition) is 2. The van der Waals surface area contributed by atoms with Gasteiger partial charge in [0.25, 0.3) is 0 Å². The summed E-state index contributed by atoms with van der Waals surface area (Å²) in [5, 5.41) is 19.9. The van der Waals surface area contributed by atoms with Crippen LogP contribution < -0.4 is 0 Å². The second-order valence-electron chi connectivity index (χ2n) is 8.17. The molecule has 1 fully saturated rings. The van der Waals surface area contributed by atoms with Gasteiger partial charge in [-0.2, -0.15) is 0 Å². The van der Waals surface area contributed by atoms with Crippen LogP contribution in [0.25, 0.3) is 0 Å². The summed E-state index contributed by atoms with van der Waals surface area (Å²) in [5.74, 6) is 0.792. The number of carbonyl (C=O) groups excluding carboxylic acids is 1. The number of fused-ring (bicyclic) bond motifs is 1. The molecule has 3 nitrogen and oxygen atoms in total. The van der Waals surface area contributed by atoms with Gasteiger partial charge in [-0.3, -0.25) is 4.79 Å². The van der Waals surface area contributed by atoms with Crippen LogP contribution in [-0.4, -0.2) is 28.7 Å². The molecule has 134 valence electrons. The maximum atomic E-state index is 11.3. The molecular formula is C21H32O3. The fraction of sp³-hybridized carbons (Fsp3) is 0.667. The van der Waals surface area contributed by atoms with E-state index in [2.05, 4.69) is 26.0 Å². The molecule has 0 bridgehead atoms. The summed E-state index contributed by atoms with van der Waals surface area (Å²) in [7, 11) is 0. The van der Waals surface area contributed by atoms with Gasteiger partial charge in [0.1, 0.15) is 11.9 Å². The highest BCUT2D eigenvalue weighted by atomic mass is 16.3. The van der Waals surface area contributed by atoms with E-state index in [0.29, 0.717) is 18.3 Å². The van der Waals surface area contributed by atoms with Gasteiger partial charge in [-0.05, 0) is 81.3 Å². The number of aliphatic hydroxyl groups is 2. The summed E-state index contributed by atoms with van der Waals surface area (Å²) in [6, 6.07) is 0. The molecule has 2 N–H and O–H groups in total. The van der Waals surface area contributed by atoms with E-state index in [4.69, 9.17) is 0 Å². The third-order valence-electron chi connectivity index (χ3n) is 5.95. The van der Waals surface area contributed by atoms with Crippen LogP contribution in [0.1, 0.15) is 65.7 Å². The lowest BCUT2D eigenvalue weighted by atomic mass is 9.89. The molecule has 0 aromatic rings. The molecule has 2 aliphatic carbocycles. The maximum absolute atomic E-state index is 11.3. The number of allylic oxidation sites excluding steroid dienone is 5. The number of aliphatic hydroxyl groups excluding tert-OH is 1. The average Bonchev–Trinajstić information content (AvgIpc) is 3.20. The smallest absolute Gasteiger partial charge is 0.145 e. The highest BCUT2D eigenvalue weighted by molar-refractivity contribution is 5.73. The normalized spacial score (nSPS) is 38.0. The minimum Gasteiger partial charge on any atom is -0.393 e. The minimum absolute atomic E-state index is 0.313. The monoisotopic (exact) mass is 332 g/mol. The molecule has 3 unspecified atom stereocenters. The zero-order valence-electron chi connectivity index (χ0n) is 15.3. The molecule has 0 aliphatic heterocycles. The molecule has 0 heterocycles. The van der Waals surface area contributed by atoms with E-state index < -0.39 is 5.60 Å². The topological polar surface area (TPSA) is 57.5 Å². The third kappa shape index (κ3) is 4.90. The molecule has 3 atom stereocenters. The van der Waals surface area contributed by atoms with E-state index in [0.717, 1.165) is 42.6 Å². The van der Waals surface area contributed by atoms with Crippen LogP contribution in [0.5, 0.6) is 0 Å². The van der Waals surface area contributed by atoms with Crippen LogP contribution in [0.15, 0.2) is 34.9 Å². The van der Waals surface area contributed by atoms with Crippen molar-refractivity contribution in [2.24, 2.45) is 11.3 Å². The standard InChI is InChI=1S/C21H32O3/c1-16-6-9-18(21(3,24)15-23)11-8-17(14-22)5-4-12-20(2)13-19(20)10-7-16/h5-6,9,14,19,23-24H,4,7-8,10-13,15H2,1-3H3/b16-6+,17-5+,18-9+. The molecule has 0 amide bonds. The predicted molar refractivity (Wildman–Crippen MR) is 97.6 cm³/mol. The molecule has 0 saturated heterocycles. The summed E-state index contributed by atoms with van der Waals surface area (Å²) in [4.78, 5) is 11.3. The summed E-state index contributed by atoms with van der Waals surface area (Å²) in [6.45, 7) is 5.81. The summed E-state index contributed by atoms with van der Waals surface area (Å²) >= 11 is 0. The summed E-state index contributed by atoms with van der Waals surface area (Å²) < 4.78 is 0. The van der Waals surface area contributed by atoms with Crippen LogP contribution in [-0.2, 0) is 4.79 Å². The number of aldehydes is 1. The van der Waals surface area contributed by atoms with Crippen LogP contribution in [0.3, 0.4) is 0 Å². The van der Waals surface area contributed by atoms with Crippen molar-refractivity contribution in [3.05, 3.63) is 34.9 Å². The molecular weight excluding hydrogens is 300 g/mol. The third-order valence-corrected chi connectivity index (χ3v) is 5.95. The van der Waals surface area contributed by atoms with Crippen LogP contribution in [0.4, 0.5) is 0 Å². The van der Waals surface area contributed by atoms with Gasteiger partial charge < -0.3 is 10.2 Å². The van der Waals surface area contributed by atoms with Crippen LogP contribution in [0.2, 0.25) is 0 Å². The first kappa shape index (κ1) is 19.1. The van der Waals surface area contributed by atoms with Crippen LogP contribution in [0, 0.1) is 11.3 Å². The molecule has 2 aliphatic rings. The summed E-state index contributed by atoms with van der Waals surface area (Å²) in [6.07, 6.45) is 13.9. The fourth-order valence-corrected chi connectivity index (χ4v) is 3.70. The van der Waals surface area contributed by atoms with Crippen molar-refractivity contribution in [2.45, 2.75) is 71.3 Å². The van der Waals surface area contributed by atoms with E-state index >= 15 is 0 Å². The molecule has 0 aromatic heterocycles. The molecule has 0 spiro atoms. The van der Waals surface area contributed by atoms with E-state index in [9.17, 15) is 15.0 Å². The zero-order chi connectivity index (χ0) is 17.8. The predicted octanol–water partition coefficient (Wildman–Crippen LogP) is 4.11. The highest BCUT2D eigenvalue weighted by Gasteiger charge is 2.48. The lowest BCUT2D eigenvalue weighted by Crippen LogP contribution is -2.31. The van der Waals surface area contributed by atoms with Crippen molar-refractivity contribution in [3.8, 4) is 0 Å². The number of carbonyl (C=O) groups is 1. The molecule has 3 heteroatoms. The highest BCUT2D eigenvalue weighted by Crippen LogP contribution is 2.58. The minimum atomic E-state index is -1.24. The first-order valence-electron chi connectivity index (χ1n) is 9.15. The van der Waals surface area contributed by atoms with Crippen molar-refractivity contribution < 1.29 is 15.0 Å². The number of hydrogen-bond acceptors (Lipinski definition) is 3. The Hall–Kier alpha value is -1.19. The Morgan fingerprint density at radius 2 is 2.08 bits per heavy atom. The first-order chi connectivity index (χ1) is 11.3. The van der Waals surface area contributed by atoms with E-state index in [1.54, 1.807) is 6.92 Å². The first-order valence-corrected chi connectivity index (χ1v) is 9.15. The molecule has 1 saturated carbocycles. The number of rotatable bonds is 3. The molecule has 0 radical (unpaired) electrons. The second-order valence-corrected chi connectivity index (χ2v) is 8.17.